The van der Waals surface area contributed by atoms with Gasteiger partial charge < -0.3 is 10.3 Å². The van der Waals surface area contributed by atoms with E-state index >= 15 is 0 Å². The lowest BCUT2D eigenvalue weighted by atomic mass is 10.3. The van der Waals surface area contributed by atoms with Gasteiger partial charge in [0, 0.05) is 6.54 Å². The molecular formula is C9H10ClN3S. The molecule has 74 valence electrons. The number of H-pyrrole nitrogens is 1. The Labute approximate surface area is 91.1 Å². The Bertz CT molecular complexity index is 421. The summed E-state index contributed by atoms with van der Waals surface area (Å²) in [5.41, 5.74) is 2.07. The number of nitrogens with one attached hydrogen (secondary N) is 2. The molecule has 0 aliphatic carbocycles. The van der Waals surface area contributed by atoms with Crippen molar-refractivity contribution < 1.29 is 0 Å². The van der Waals surface area contributed by atoms with E-state index in [-0.39, 0.29) is 0 Å². The van der Waals surface area contributed by atoms with Crippen LogP contribution in [0.1, 0.15) is 5.69 Å². The molecule has 0 unspecified atom stereocenters. The second kappa shape index (κ2) is 4.13. The third-order valence-electron chi connectivity index (χ3n) is 1.88. The van der Waals surface area contributed by atoms with E-state index in [4.69, 9.17) is 11.6 Å². The predicted molar refractivity (Wildman–Crippen MR) is 59.7 cm³/mol. The van der Waals surface area contributed by atoms with Crippen molar-refractivity contribution in [3.05, 3.63) is 28.5 Å². The van der Waals surface area contributed by atoms with Crippen LogP contribution in [-0.2, 0) is 6.54 Å². The zero-order chi connectivity index (χ0) is 9.97. The van der Waals surface area contributed by atoms with Crippen LogP contribution >= 0.6 is 22.9 Å². The number of rotatable bonds is 3. The van der Waals surface area contributed by atoms with Crippen LogP contribution in [0, 0.1) is 0 Å². The van der Waals surface area contributed by atoms with Crippen LogP contribution < -0.4 is 5.32 Å². The molecule has 2 aromatic heterocycles. The third-order valence-corrected chi connectivity index (χ3v) is 3.12. The van der Waals surface area contributed by atoms with E-state index in [1.165, 1.54) is 0 Å². The first-order valence-electron chi connectivity index (χ1n) is 4.24. The van der Waals surface area contributed by atoms with Crippen LogP contribution in [0.15, 0.2) is 18.5 Å². The molecule has 2 N–H and O–H groups in total. The number of imidazole rings is 1. The van der Waals surface area contributed by atoms with E-state index in [0.29, 0.717) is 0 Å². The third kappa shape index (κ3) is 1.82. The molecule has 3 nitrogen and oxygen atoms in total. The molecule has 0 aromatic carbocycles. The minimum Gasteiger partial charge on any atom is -0.347 e. The summed E-state index contributed by atoms with van der Waals surface area (Å²) in [6.07, 6.45) is 1.70. The first-order valence-corrected chi connectivity index (χ1v) is 5.43. The number of aromatic amines is 1. The molecule has 0 saturated carbocycles. The van der Waals surface area contributed by atoms with Crippen LogP contribution in [0.25, 0.3) is 10.6 Å². The van der Waals surface area contributed by atoms with E-state index in [1.54, 1.807) is 17.7 Å². The maximum Gasteiger partial charge on any atom is 0.103 e. The number of nitrogens with zero attached hydrogens (tertiary/aromatic N) is 1. The van der Waals surface area contributed by atoms with Crippen molar-refractivity contribution in [3.63, 3.8) is 0 Å². The normalized spacial score (nSPS) is 10.7. The zero-order valence-corrected chi connectivity index (χ0v) is 9.25. The summed E-state index contributed by atoms with van der Waals surface area (Å²) in [5, 5.41) is 3.09. The van der Waals surface area contributed by atoms with E-state index in [0.717, 1.165) is 27.1 Å². The maximum absolute atomic E-state index is 5.87. The molecule has 0 aliphatic rings. The molecule has 0 aliphatic heterocycles. The van der Waals surface area contributed by atoms with Crippen molar-refractivity contribution >= 4 is 22.9 Å². The van der Waals surface area contributed by atoms with Crippen molar-refractivity contribution in [1.82, 2.24) is 15.3 Å². The SMILES string of the molecule is CNCc1[nH]cnc1-c1ccc(Cl)s1. The first kappa shape index (κ1) is 9.71. The predicted octanol–water partition coefficient (Wildman–Crippen LogP) is 2.51. The number of hydrogen-bond acceptors (Lipinski definition) is 3. The standard InChI is InChI=1S/C9H10ClN3S/c1-11-4-6-9(13-5-12-6)7-2-3-8(10)14-7/h2-3,5,11H,4H2,1H3,(H,12,13). The van der Waals surface area contributed by atoms with Crippen molar-refractivity contribution in [2.45, 2.75) is 6.54 Å². The quantitative estimate of drug-likeness (QED) is 0.846. The molecule has 2 heterocycles. The Morgan fingerprint density at radius 1 is 1.57 bits per heavy atom. The fourth-order valence-corrected chi connectivity index (χ4v) is 2.35. The monoisotopic (exact) mass is 227 g/mol. The smallest absolute Gasteiger partial charge is 0.103 e. The molecule has 5 heteroatoms. The molecule has 0 spiro atoms. The molecule has 2 aromatic rings. The van der Waals surface area contributed by atoms with Gasteiger partial charge in [-0.25, -0.2) is 4.98 Å². The topological polar surface area (TPSA) is 40.7 Å². The summed E-state index contributed by atoms with van der Waals surface area (Å²) >= 11 is 7.41. The van der Waals surface area contributed by atoms with Gasteiger partial charge in [0.2, 0.25) is 0 Å². The summed E-state index contributed by atoms with van der Waals surface area (Å²) in [7, 11) is 1.91. The van der Waals surface area contributed by atoms with E-state index in [1.807, 2.05) is 19.2 Å². The fourth-order valence-electron chi connectivity index (χ4n) is 1.29. The highest BCUT2D eigenvalue weighted by atomic mass is 35.5. The van der Waals surface area contributed by atoms with Crippen LogP contribution in [0.4, 0.5) is 0 Å². The average molecular weight is 228 g/mol. The Kier molecular flexibility index (Phi) is 2.86. The van der Waals surface area contributed by atoms with Gasteiger partial charge in [-0.15, -0.1) is 11.3 Å². The van der Waals surface area contributed by atoms with Gasteiger partial charge in [-0.05, 0) is 19.2 Å². The molecule has 0 saturated heterocycles. The molecule has 0 amide bonds. The Morgan fingerprint density at radius 2 is 2.43 bits per heavy atom. The molecule has 0 fully saturated rings. The number of thiophene rings is 1. The van der Waals surface area contributed by atoms with Gasteiger partial charge in [0.05, 0.1) is 21.2 Å². The largest absolute Gasteiger partial charge is 0.347 e. The van der Waals surface area contributed by atoms with Crippen LogP contribution in [0.5, 0.6) is 0 Å². The maximum atomic E-state index is 5.87. The second-order valence-electron chi connectivity index (χ2n) is 2.86. The average Bonchev–Trinajstić information content (AvgIpc) is 2.74. The molecule has 0 atom stereocenters. The second-order valence-corrected chi connectivity index (χ2v) is 4.58. The van der Waals surface area contributed by atoms with Crippen LogP contribution in [0.2, 0.25) is 4.34 Å². The zero-order valence-electron chi connectivity index (χ0n) is 7.67. The molecule has 0 bridgehead atoms. The minimum atomic E-state index is 0.783. The number of halogens is 1. The highest BCUT2D eigenvalue weighted by Crippen LogP contribution is 2.31. The summed E-state index contributed by atoms with van der Waals surface area (Å²) in [6, 6.07) is 3.88. The van der Waals surface area contributed by atoms with Crippen LogP contribution in [-0.4, -0.2) is 17.0 Å². The number of hydrogen-bond donors (Lipinski definition) is 2. The molecule has 14 heavy (non-hydrogen) atoms. The van der Waals surface area contributed by atoms with Gasteiger partial charge in [-0.3, -0.25) is 0 Å². The van der Waals surface area contributed by atoms with E-state index in [9.17, 15) is 0 Å². The molecular weight excluding hydrogens is 218 g/mol. The van der Waals surface area contributed by atoms with Gasteiger partial charge in [0.15, 0.2) is 0 Å². The van der Waals surface area contributed by atoms with Crippen molar-refractivity contribution in [3.8, 4) is 10.6 Å². The summed E-state index contributed by atoms with van der Waals surface area (Å²) in [4.78, 5) is 8.48. The lowest BCUT2D eigenvalue weighted by molar-refractivity contribution is 0.799. The van der Waals surface area contributed by atoms with E-state index in [2.05, 4.69) is 15.3 Å². The molecule has 2 rings (SSSR count). The van der Waals surface area contributed by atoms with Gasteiger partial charge >= 0.3 is 0 Å². The summed E-state index contributed by atoms with van der Waals surface area (Å²) < 4.78 is 0.790. The highest BCUT2D eigenvalue weighted by Gasteiger charge is 2.09. The lowest BCUT2D eigenvalue weighted by Gasteiger charge is -1.98. The highest BCUT2D eigenvalue weighted by molar-refractivity contribution is 7.19. The lowest BCUT2D eigenvalue weighted by Crippen LogP contribution is -2.06. The van der Waals surface area contributed by atoms with Gasteiger partial charge in [0.1, 0.15) is 5.69 Å². The fraction of sp³-hybridized carbons (Fsp3) is 0.222. The Morgan fingerprint density at radius 3 is 3.07 bits per heavy atom. The van der Waals surface area contributed by atoms with Crippen molar-refractivity contribution in [2.24, 2.45) is 0 Å². The van der Waals surface area contributed by atoms with Crippen LogP contribution in [0.3, 0.4) is 0 Å². The van der Waals surface area contributed by atoms with Gasteiger partial charge in [-0.2, -0.15) is 0 Å². The molecule has 0 radical (unpaired) electrons. The summed E-state index contributed by atoms with van der Waals surface area (Å²) in [6.45, 7) is 0.783. The minimum absolute atomic E-state index is 0.783. The van der Waals surface area contributed by atoms with Crippen molar-refractivity contribution in [1.29, 1.82) is 0 Å². The van der Waals surface area contributed by atoms with Gasteiger partial charge in [0.25, 0.3) is 0 Å². The Balaban J connectivity index is 2.36. The van der Waals surface area contributed by atoms with Gasteiger partial charge in [-0.1, -0.05) is 11.6 Å². The first-order chi connectivity index (χ1) is 6.81. The summed E-state index contributed by atoms with van der Waals surface area (Å²) in [5.74, 6) is 0. The Hall–Kier alpha value is -0.840. The number of aromatic nitrogens is 2. The van der Waals surface area contributed by atoms with E-state index < -0.39 is 0 Å². The van der Waals surface area contributed by atoms with Crippen molar-refractivity contribution in [2.75, 3.05) is 7.05 Å².